The molecule has 0 fully saturated rings. The Morgan fingerprint density at radius 1 is 1.32 bits per heavy atom. The van der Waals surface area contributed by atoms with Crippen LogP contribution in [0, 0.1) is 0 Å². The SMILES string of the molecule is COc1ccc(CC(=O)NC(C(=O)O)C(C)O)cc1. The highest BCUT2D eigenvalue weighted by Gasteiger charge is 2.24. The highest BCUT2D eigenvalue weighted by atomic mass is 16.5. The van der Waals surface area contributed by atoms with E-state index in [-0.39, 0.29) is 6.42 Å². The number of methoxy groups -OCH3 is 1. The van der Waals surface area contributed by atoms with E-state index in [1.807, 2.05) is 0 Å². The minimum absolute atomic E-state index is 0.0422. The topological polar surface area (TPSA) is 95.9 Å². The van der Waals surface area contributed by atoms with Gasteiger partial charge in [0.05, 0.1) is 19.6 Å². The lowest BCUT2D eigenvalue weighted by molar-refractivity contribution is -0.144. The lowest BCUT2D eigenvalue weighted by atomic mass is 10.1. The molecule has 2 unspecified atom stereocenters. The first-order chi connectivity index (χ1) is 8.93. The Morgan fingerprint density at radius 2 is 1.89 bits per heavy atom. The average Bonchev–Trinajstić information content (AvgIpc) is 2.36. The van der Waals surface area contributed by atoms with Crippen molar-refractivity contribution in [3.63, 3.8) is 0 Å². The minimum Gasteiger partial charge on any atom is -0.497 e. The summed E-state index contributed by atoms with van der Waals surface area (Å²) in [6.45, 7) is 1.31. The Morgan fingerprint density at radius 3 is 2.32 bits per heavy atom. The smallest absolute Gasteiger partial charge is 0.328 e. The van der Waals surface area contributed by atoms with E-state index in [2.05, 4.69) is 5.32 Å². The Kier molecular flexibility index (Phi) is 5.32. The standard InChI is InChI=1S/C13H17NO5/c1-8(15)12(13(17)18)14-11(16)7-9-3-5-10(19-2)6-4-9/h3-6,8,12,15H,7H2,1-2H3,(H,14,16)(H,17,18). The zero-order chi connectivity index (χ0) is 14.4. The highest BCUT2D eigenvalue weighted by molar-refractivity contribution is 5.85. The number of carboxylic acid groups (broad SMARTS) is 1. The first-order valence-corrected chi connectivity index (χ1v) is 5.77. The zero-order valence-electron chi connectivity index (χ0n) is 10.8. The molecule has 0 spiro atoms. The van der Waals surface area contributed by atoms with Gasteiger partial charge >= 0.3 is 5.97 Å². The molecule has 3 N–H and O–H groups in total. The van der Waals surface area contributed by atoms with E-state index in [1.165, 1.54) is 6.92 Å². The fourth-order valence-electron chi connectivity index (χ4n) is 1.54. The lowest BCUT2D eigenvalue weighted by Crippen LogP contribution is -2.48. The maximum atomic E-state index is 11.7. The number of hydrogen-bond donors (Lipinski definition) is 3. The molecule has 0 bridgehead atoms. The van der Waals surface area contributed by atoms with Crippen molar-refractivity contribution in [2.45, 2.75) is 25.5 Å². The van der Waals surface area contributed by atoms with Gasteiger partial charge in [0.15, 0.2) is 6.04 Å². The number of carbonyl (C=O) groups excluding carboxylic acids is 1. The minimum atomic E-state index is -1.30. The molecule has 2 atom stereocenters. The number of rotatable bonds is 6. The molecule has 0 radical (unpaired) electrons. The number of aliphatic hydroxyl groups is 1. The van der Waals surface area contributed by atoms with Crippen molar-refractivity contribution < 1.29 is 24.5 Å². The second kappa shape index (κ2) is 6.75. The van der Waals surface area contributed by atoms with Crippen LogP contribution in [0.2, 0.25) is 0 Å². The first kappa shape index (κ1) is 15.0. The van der Waals surface area contributed by atoms with Crippen LogP contribution < -0.4 is 10.1 Å². The number of carboxylic acids is 1. The van der Waals surface area contributed by atoms with E-state index in [9.17, 15) is 14.7 Å². The molecule has 0 aromatic heterocycles. The van der Waals surface area contributed by atoms with Crippen molar-refractivity contribution in [1.82, 2.24) is 5.32 Å². The fraction of sp³-hybridized carbons (Fsp3) is 0.385. The number of aliphatic carboxylic acids is 1. The van der Waals surface area contributed by atoms with Gasteiger partial charge in [0.25, 0.3) is 0 Å². The number of hydrogen-bond acceptors (Lipinski definition) is 4. The van der Waals surface area contributed by atoms with Gasteiger partial charge in [-0.05, 0) is 24.6 Å². The molecule has 1 amide bonds. The zero-order valence-corrected chi connectivity index (χ0v) is 10.8. The van der Waals surface area contributed by atoms with E-state index in [1.54, 1.807) is 31.4 Å². The molecule has 1 aromatic rings. The Balaban J connectivity index is 2.61. The van der Waals surface area contributed by atoms with Gasteiger partial charge < -0.3 is 20.3 Å². The number of ether oxygens (including phenoxy) is 1. The number of benzene rings is 1. The molecule has 0 saturated carbocycles. The van der Waals surface area contributed by atoms with Gasteiger partial charge in [0.2, 0.25) is 5.91 Å². The van der Waals surface area contributed by atoms with Crippen LogP contribution >= 0.6 is 0 Å². The Labute approximate surface area is 111 Å². The van der Waals surface area contributed by atoms with Gasteiger partial charge in [-0.15, -0.1) is 0 Å². The molecule has 1 aromatic carbocycles. The molecule has 19 heavy (non-hydrogen) atoms. The van der Waals surface area contributed by atoms with Crippen LogP contribution in [0.3, 0.4) is 0 Å². The maximum absolute atomic E-state index is 11.7. The predicted octanol–water partition coefficient (Wildman–Crippen LogP) is 0.188. The van der Waals surface area contributed by atoms with Gasteiger partial charge in [-0.2, -0.15) is 0 Å². The summed E-state index contributed by atoms with van der Waals surface area (Å²) in [4.78, 5) is 22.5. The first-order valence-electron chi connectivity index (χ1n) is 5.77. The van der Waals surface area contributed by atoms with Crippen molar-refractivity contribution in [3.8, 4) is 5.75 Å². The van der Waals surface area contributed by atoms with Crippen LogP contribution in [-0.2, 0) is 16.0 Å². The van der Waals surface area contributed by atoms with Crippen molar-refractivity contribution >= 4 is 11.9 Å². The second-order valence-electron chi connectivity index (χ2n) is 4.15. The van der Waals surface area contributed by atoms with E-state index in [0.717, 1.165) is 5.56 Å². The Bertz CT molecular complexity index is 441. The quantitative estimate of drug-likeness (QED) is 0.683. The highest BCUT2D eigenvalue weighted by Crippen LogP contribution is 2.11. The lowest BCUT2D eigenvalue weighted by Gasteiger charge is -2.17. The molecule has 0 aliphatic carbocycles. The second-order valence-corrected chi connectivity index (χ2v) is 4.15. The largest absolute Gasteiger partial charge is 0.497 e. The van der Waals surface area contributed by atoms with E-state index in [4.69, 9.17) is 9.84 Å². The Hall–Kier alpha value is -2.08. The third-order valence-corrected chi connectivity index (χ3v) is 2.59. The summed E-state index contributed by atoms with van der Waals surface area (Å²) in [7, 11) is 1.54. The third kappa shape index (κ3) is 4.59. The molecule has 6 heteroatoms. The number of aliphatic hydroxyl groups excluding tert-OH is 1. The summed E-state index contributed by atoms with van der Waals surface area (Å²) in [5.41, 5.74) is 0.730. The fourth-order valence-corrected chi connectivity index (χ4v) is 1.54. The van der Waals surface area contributed by atoms with E-state index in [0.29, 0.717) is 5.75 Å². The van der Waals surface area contributed by atoms with Crippen LogP contribution in [0.25, 0.3) is 0 Å². The normalized spacial score (nSPS) is 13.4. The van der Waals surface area contributed by atoms with E-state index >= 15 is 0 Å². The number of carbonyl (C=O) groups is 2. The average molecular weight is 267 g/mol. The van der Waals surface area contributed by atoms with Gasteiger partial charge in [-0.3, -0.25) is 4.79 Å². The molecule has 0 heterocycles. The van der Waals surface area contributed by atoms with Crippen molar-refractivity contribution in [2.75, 3.05) is 7.11 Å². The molecule has 104 valence electrons. The molecule has 1 rings (SSSR count). The van der Waals surface area contributed by atoms with Crippen LogP contribution in [0.4, 0.5) is 0 Å². The summed E-state index contributed by atoms with van der Waals surface area (Å²) in [6.07, 6.45) is -1.11. The van der Waals surface area contributed by atoms with Gasteiger partial charge in [-0.25, -0.2) is 4.79 Å². The predicted molar refractivity (Wildman–Crippen MR) is 67.9 cm³/mol. The van der Waals surface area contributed by atoms with Gasteiger partial charge in [-0.1, -0.05) is 12.1 Å². The summed E-state index contributed by atoms with van der Waals surface area (Å²) < 4.78 is 4.99. The van der Waals surface area contributed by atoms with Crippen LogP contribution in [-0.4, -0.2) is 41.3 Å². The summed E-state index contributed by atoms with van der Waals surface area (Å²) in [5, 5.41) is 20.4. The summed E-state index contributed by atoms with van der Waals surface area (Å²) >= 11 is 0. The van der Waals surface area contributed by atoms with Crippen LogP contribution in [0.5, 0.6) is 5.75 Å². The van der Waals surface area contributed by atoms with Crippen molar-refractivity contribution in [1.29, 1.82) is 0 Å². The summed E-state index contributed by atoms with van der Waals surface area (Å²) in [5.74, 6) is -1.05. The third-order valence-electron chi connectivity index (χ3n) is 2.59. The van der Waals surface area contributed by atoms with Gasteiger partial charge in [0, 0.05) is 0 Å². The van der Waals surface area contributed by atoms with E-state index < -0.39 is 24.0 Å². The number of nitrogens with one attached hydrogen (secondary N) is 1. The molecular weight excluding hydrogens is 250 g/mol. The van der Waals surface area contributed by atoms with Crippen molar-refractivity contribution in [3.05, 3.63) is 29.8 Å². The molecule has 0 aliphatic rings. The maximum Gasteiger partial charge on any atom is 0.328 e. The molecule has 6 nitrogen and oxygen atoms in total. The molecular formula is C13H17NO5. The number of amides is 1. The summed E-state index contributed by atoms with van der Waals surface area (Å²) in [6, 6.07) is 5.57. The van der Waals surface area contributed by atoms with Crippen LogP contribution in [0.1, 0.15) is 12.5 Å². The molecule has 0 aliphatic heterocycles. The van der Waals surface area contributed by atoms with Crippen molar-refractivity contribution in [2.24, 2.45) is 0 Å². The molecule has 0 saturated heterocycles. The van der Waals surface area contributed by atoms with Gasteiger partial charge in [0.1, 0.15) is 5.75 Å². The monoisotopic (exact) mass is 267 g/mol. The van der Waals surface area contributed by atoms with Crippen LogP contribution in [0.15, 0.2) is 24.3 Å².